The number of Topliss-reactive ketones (excluding diaryl/α,β-unsaturated/α-hetero) is 1. The minimum atomic E-state index is -0.802. The van der Waals surface area contributed by atoms with Crippen molar-refractivity contribution in [2.24, 2.45) is 0 Å². The number of hydrogen-bond acceptors (Lipinski definition) is 4. The fourth-order valence-corrected chi connectivity index (χ4v) is 3.60. The van der Waals surface area contributed by atoms with Crippen LogP contribution in [-0.4, -0.2) is 63.5 Å². The lowest BCUT2D eigenvalue weighted by atomic mass is 10.1. The Morgan fingerprint density at radius 3 is 2.40 bits per heavy atom. The van der Waals surface area contributed by atoms with Gasteiger partial charge in [-0.25, -0.2) is 4.39 Å². The first kappa shape index (κ1) is 19.5. The van der Waals surface area contributed by atoms with Crippen LogP contribution in [0.15, 0.2) is 49.3 Å². The Labute approximate surface area is 171 Å². The molecule has 1 N–H and O–H groups in total. The molecule has 0 bridgehead atoms. The molecule has 3 heterocycles. The van der Waals surface area contributed by atoms with Gasteiger partial charge in [0.2, 0.25) is 0 Å². The number of benzene rings is 1. The molecule has 2 aromatic heterocycles. The van der Waals surface area contributed by atoms with Gasteiger partial charge >= 0.3 is 0 Å². The van der Waals surface area contributed by atoms with Crippen LogP contribution in [0.25, 0.3) is 17.0 Å². The number of aromatic amines is 1. The Balaban J connectivity index is 1.49. The number of carbonyl (C=O) groups is 3. The minimum absolute atomic E-state index is 0.0242. The summed E-state index contributed by atoms with van der Waals surface area (Å²) in [5.74, 6) is -2.33. The molecule has 0 atom stereocenters. The highest BCUT2D eigenvalue weighted by molar-refractivity contribution is 6.45. The minimum Gasteiger partial charge on any atom is -0.359 e. The van der Waals surface area contributed by atoms with Gasteiger partial charge in [0, 0.05) is 37.9 Å². The van der Waals surface area contributed by atoms with E-state index in [1.807, 2.05) is 6.07 Å². The first-order valence-electron chi connectivity index (χ1n) is 9.47. The van der Waals surface area contributed by atoms with Gasteiger partial charge in [-0.3, -0.25) is 19.4 Å². The monoisotopic (exact) mass is 406 g/mol. The van der Waals surface area contributed by atoms with Crippen LogP contribution in [0, 0.1) is 5.82 Å². The number of nitrogens with zero attached hydrogens (tertiary/aromatic N) is 3. The zero-order valence-corrected chi connectivity index (χ0v) is 16.1. The van der Waals surface area contributed by atoms with Gasteiger partial charge in [-0.05, 0) is 18.2 Å². The molecule has 1 saturated heterocycles. The zero-order chi connectivity index (χ0) is 21.3. The number of halogens is 1. The van der Waals surface area contributed by atoms with Crippen LogP contribution < -0.4 is 0 Å². The SMILES string of the molecule is C=Cc1ncc(F)c2c(C(=O)C(=O)N3CCN(C(=O)c4ccccc4)CC3)c[nH]c12. The molecule has 1 aromatic carbocycles. The van der Waals surface area contributed by atoms with E-state index >= 15 is 0 Å². The Bertz CT molecular complexity index is 1150. The Morgan fingerprint density at radius 2 is 1.73 bits per heavy atom. The standard InChI is InChI=1S/C22H19FN4O3/c1-2-17-19-18(16(23)13-24-17)15(12-25-19)20(28)22(30)27-10-8-26(9-11-27)21(29)14-6-4-3-5-7-14/h2-7,12-13,25H,1,8-11H2. The fourth-order valence-electron chi connectivity index (χ4n) is 3.60. The maximum atomic E-state index is 14.3. The maximum Gasteiger partial charge on any atom is 0.295 e. The van der Waals surface area contributed by atoms with Crippen molar-refractivity contribution in [2.45, 2.75) is 0 Å². The van der Waals surface area contributed by atoms with Gasteiger partial charge in [0.05, 0.1) is 28.4 Å². The third-order valence-electron chi connectivity index (χ3n) is 5.20. The third-order valence-corrected chi connectivity index (χ3v) is 5.20. The van der Waals surface area contributed by atoms with Gasteiger partial charge in [0.15, 0.2) is 5.82 Å². The number of rotatable bonds is 4. The van der Waals surface area contributed by atoms with Crippen molar-refractivity contribution >= 4 is 34.6 Å². The van der Waals surface area contributed by atoms with Crippen molar-refractivity contribution in [2.75, 3.05) is 26.2 Å². The van der Waals surface area contributed by atoms with E-state index in [2.05, 4.69) is 16.5 Å². The van der Waals surface area contributed by atoms with Crippen molar-refractivity contribution in [1.29, 1.82) is 0 Å². The summed E-state index contributed by atoms with van der Waals surface area (Å²) in [4.78, 5) is 47.9. The molecular formula is C22H19FN4O3. The van der Waals surface area contributed by atoms with Crippen LogP contribution in [0.5, 0.6) is 0 Å². The van der Waals surface area contributed by atoms with Gasteiger partial charge < -0.3 is 14.8 Å². The van der Waals surface area contributed by atoms with Crippen molar-refractivity contribution in [3.8, 4) is 0 Å². The quantitative estimate of drug-likeness (QED) is 0.533. The molecule has 152 valence electrons. The van der Waals surface area contributed by atoms with Crippen molar-refractivity contribution < 1.29 is 18.8 Å². The molecule has 0 aliphatic carbocycles. The largest absolute Gasteiger partial charge is 0.359 e. The summed E-state index contributed by atoms with van der Waals surface area (Å²) in [6.07, 6.45) is 3.76. The van der Waals surface area contributed by atoms with Gasteiger partial charge in [-0.15, -0.1) is 0 Å². The van der Waals surface area contributed by atoms with Crippen molar-refractivity contribution in [1.82, 2.24) is 19.8 Å². The number of hydrogen-bond donors (Lipinski definition) is 1. The average Bonchev–Trinajstić information content (AvgIpc) is 3.25. The Kier molecular flexibility index (Phi) is 5.14. The average molecular weight is 406 g/mol. The third kappa shape index (κ3) is 3.36. The predicted octanol–water partition coefficient (Wildman–Crippen LogP) is 2.51. The Morgan fingerprint density at radius 1 is 1.07 bits per heavy atom. The molecule has 3 aromatic rings. The number of piperazine rings is 1. The molecule has 0 saturated carbocycles. The zero-order valence-electron chi connectivity index (χ0n) is 16.1. The number of nitrogens with one attached hydrogen (secondary N) is 1. The molecule has 2 amide bonds. The molecule has 4 rings (SSSR count). The molecule has 1 fully saturated rings. The van der Waals surface area contributed by atoms with Crippen molar-refractivity contribution in [3.05, 3.63) is 71.9 Å². The summed E-state index contributed by atoms with van der Waals surface area (Å²) in [6, 6.07) is 8.89. The van der Waals surface area contributed by atoms with Gasteiger partial charge in [0.25, 0.3) is 17.6 Å². The molecule has 0 unspecified atom stereocenters. The fraction of sp³-hybridized carbons (Fsp3) is 0.182. The van der Waals surface area contributed by atoms with Crippen LogP contribution in [-0.2, 0) is 4.79 Å². The lowest BCUT2D eigenvalue weighted by Gasteiger charge is -2.34. The van der Waals surface area contributed by atoms with E-state index < -0.39 is 17.5 Å². The lowest BCUT2D eigenvalue weighted by Crippen LogP contribution is -2.52. The van der Waals surface area contributed by atoms with Crippen LogP contribution in [0.4, 0.5) is 4.39 Å². The van der Waals surface area contributed by atoms with E-state index in [-0.39, 0.29) is 29.9 Å². The topological polar surface area (TPSA) is 86.4 Å². The summed E-state index contributed by atoms with van der Waals surface area (Å²) in [5.41, 5.74) is 1.25. The lowest BCUT2D eigenvalue weighted by molar-refractivity contribution is -0.127. The van der Waals surface area contributed by atoms with Gasteiger partial charge in [-0.1, -0.05) is 24.8 Å². The molecule has 8 heteroatoms. The van der Waals surface area contributed by atoms with E-state index in [1.165, 1.54) is 17.2 Å². The highest BCUT2D eigenvalue weighted by Crippen LogP contribution is 2.25. The molecule has 7 nitrogen and oxygen atoms in total. The van der Waals surface area contributed by atoms with E-state index in [0.29, 0.717) is 29.9 Å². The summed E-state index contributed by atoms with van der Waals surface area (Å²) >= 11 is 0. The number of amides is 2. The Hall–Kier alpha value is -3.81. The summed E-state index contributed by atoms with van der Waals surface area (Å²) in [7, 11) is 0. The van der Waals surface area contributed by atoms with Crippen LogP contribution in [0.2, 0.25) is 0 Å². The first-order chi connectivity index (χ1) is 14.5. The predicted molar refractivity (Wildman–Crippen MR) is 109 cm³/mol. The number of ketones is 1. The molecular weight excluding hydrogens is 387 g/mol. The number of aromatic nitrogens is 2. The smallest absolute Gasteiger partial charge is 0.295 e. The number of fused-ring (bicyclic) bond motifs is 1. The van der Waals surface area contributed by atoms with E-state index in [9.17, 15) is 18.8 Å². The van der Waals surface area contributed by atoms with Crippen LogP contribution >= 0.6 is 0 Å². The number of pyridine rings is 1. The van der Waals surface area contributed by atoms with Gasteiger partial charge in [-0.2, -0.15) is 0 Å². The summed E-state index contributed by atoms with van der Waals surface area (Å²) < 4.78 is 14.3. The summed E-state index contributed by atoms with van der Waals surface area (Å²) in [6.45, 7) is 4.72. The second-order valence-corrected chi connectivity index (χ2v) is 6.93. The maximum absolute atomic E-state index is 14.3. The molecule has 0 radical (unpaired) electrons. The number of H-pyrrole nitrogens is 1. The van der Waals surface area contributed by atoms with Crippen molar-refractivity contribution in [3.63, 3.8) is 0 Å². The highest BCUT2D eigenvalue weighted by Gasteiger charge is 2.31. The van der Waals surface area contributed by atoms with E-state index in [0.717, 1.165) is 6.20 Å². The molecule has 1 aliphatic heterocycles. The second-order valence-electron chi connectivity index (χ2n) is 6.93. The normalized spacial score (nSPS) is 14.0. The molecule has 30 heavy (non-hydrogen) atoms. The first-order valence-corrected chi connectivity index (χ1v) is 9.47. The molecule has 1 aliphatic rings. The van der Waals surface area contributed by atoms with E-state index in [4.69, 9.17) is 0 Å². The highest BCUT2D eigenvalue weighted by atomic mass is 19.1. The second kappa shape index (κ2) is 7.90. The number of carbonyl (C=O) groups excluding carboxylic acids is 3. The van der Waals surface area contributed by atoms with Gasteiger partial charge in [0.1, 0.15) is 0 Å². The van der Waals surface area contributed by atoms with Crippen LogP contribution in [0.3, 0.4) is 0 Å². The van der Waals surface area contributed by atoms with Crippen LogP contribution in [0.1, 0.15) is 26.4 Å². The van der Waals surface area contributed by atoms with E-state index in [1.54, 1.807) is 29.2 Å². The molecule has 0 spiro atoms. The summed E-state index contributed by atoms with van der Waals surface area (Å²) in [5, 5.41) is 0.0242.